The fourth-order valence-corrected chi connectivity index (χ4v) is 8.04. The number of benzene rings is 4. The van der Waals surface area contributed by atoms with Gasteiger partial charge in [-0.3, -0.25) is 0 Å². The number of nitrogens with zero attached hydrogens (tertiary/aromatic N) is 2. The highest BCUT2D eigenvalue weighted by Crippen LogP contribution is 2.52. The van der Waals surface area contributed by atoms with Crippen molar-refractivity contribution < 1.29 is 0 Å². The second-order valence-corrected chi connectivity index (χ2v) is 12.3. The van der Waals surface area contributed by atoms with Crippen LogP contribution in [-0.2, 0) is 12.8 Å². The molecule has 198 valence electrons. The number of fused-ring (bicyclic) bond motifs is 4. The Hall–Kier alpha value is -4.04. The fourth-order valence-electron chi connectivity index (χ4n) is 8.04. The summed E-state index contributed by atoms with van der Waals surface area (Å²) in [5.41, 5.74) is 17.2. The molecule has 2 aliphatic heterocycles. The number of hydrogen-bond acceptors (Lipinski definition) is 2. The molecule has 0 N–H and O–H groups in total. The molecule has 0 saturated heterocycles. The van der Waals surface area contributed by atoms with Gasteiger partial charge in [-0.25, -0.2) is 0 Å². The topological polar surface area (TPSA) is 6.48 Å². The molecule has 2 heteroatoms. The van der Waals surface area contributed by atoms with Gasteiger partial charge in [0.25, 0.3) is 0 Å². The van der Waals surface area contributed by atoms with Crippen LogP contribution in [0, 0.1) is 0 Å². The zero-order valence-corrected chi connectivity index (χ0v) is 23.7. The first-order chi connectivity index (χ1) is 19.6. The number of rotatable bonds is 4. The van der Waals surface area contributed by atoms with Gasteiger partial charge in [-0.2, -0.15) is 0 Å². The van der Waals surface area contributed by atoms with Crippen LogP contribution in [0.3, 0.4) is 0 Å². The quantitative estimate of drug-likeness (QED) is 0.264. The van der Waals surface area contributed by atoms with Gasteiger partial charge in [-0.15, -0.1) is 0 Å². The summed E-state index contributed by atoms with van der Waals surface area (Å²) in [6.07, 6.45) is 8.32. The van der Waals surface area contributed by atoms with Crippen molar-refractivity contribution in [3.63, 3.8) is 0 Å². The van der Waals surface area contributed by atoms with E-state index >= 15 is 0 Å². The van der Waals surface area contributed by atoms with Crippen molar-refractivity contribution in [1.82, 2.24) is 0 Å². The van der Waals surface area contributed by atoms with Crippen molar-refractivity contribution in [2.45, 2.75) is 57.9 Å². The Labute approximate surface area is 238 Å². The zero-order valence-electron chi connectivity index (χ0n) is 23.7. The molecule has 8 rings (SSSR count). The van der Waals surface area contributed by atoms with Crippen LogP contribution in [0.1, 0.15) is 72.4 Å². The van der Waals surface area contributed by atoms with Gasteiger partial charge in [-0.1, -0.05) is 84.0 Å². The van der Waals surface area contributed by atoms with Crippen LogP contribution in [0.2, 0.25) is 0 Å². The van der Waals surface area contributed by atoms with Crippen molar-refractivity contribution >= 4 is 34.9 Å². The average Bonchev–Trinajstić information content (AvgIpc) is 3.70. The molecule has 4 aromatic carbocycles. The molecule has 4 aliphatic rings. The lowest BCUT2D eigenvalue weighted by Crippen LogP contribution is -2.24. The molecule has 2 nitrogen and oxygen atoms in total. The van der Waals surface area contributed by atoms with E-state index in [1.54, 1.807) is 0 Å². The Bertz CT molecular complexity index is 1720. The first-order valence-corrected chi connectivity index (χ1v) is 14.9. The van der Waals surface area contributed by atoms with E-state index in [2.05, 4.69) is 128 Å². The van der Waals surface area contributed by atoms with Crippen molar-refractivity contribution in [3.8, 4) is 0 Å². The van der Waals surface area contributed by atoms with Gasteiger partial charge in [0.15, 0.2) is 0 Å². The maximum absolute atomic E-state index is 2.58. The lowest BCUT2D eigenvalue weighted by Gasteiger charge is -2.28. The van der Waals surface area contributed by atoms with Gasteiger partial charge in [0.05, 0.1) is 0 Å². The second-order valence-electron chi connectivity index (χ2n) is 12.3. The van der Waals surface area contributed by atoms with E-state index in [1.165, 1.54) is 67.3 Å². The Balaban J connectivity index is 1.14. The highest BCUT2D eigenvalue weighted by molar-refractivity contribution is 5.85. The molecule has 4 aromatic rings. The summed E-state index contributed by atoms with van der Waals surface area (Å²) >= 11 is 0. The van der Waals surface area contributed by atoms with Crippen molar-refractivity contribution in [2.24, 2.45) is 0 Å². The Kier molecular flexibility index (Phi) is 5.35. The van der Waals surface area contributed by atoms with Crippen LogP contribution in [0.4, 0.5) is 22.7 Å². The minimum atomic E-state index is 0.443. The number of anilines is 4. The minimum absolute atomic E-state index is 0.443. The molecule has 0 saturated carbocycles. The Morgan fingerprint density at radius 2 is 1.20 bits per heavy atom. The van der Waals surface area contributed by atoms with Crippen molar-refractivity contribution in [3.05, 3.63) is 129 Å². The molecule has 0 bridgehead atoms. The van der Waals surface area contributed by atoms with E-state index in [1.807, 2.05) is 0 Å². The first-order valence-electron chi connectivity index (χ1n) is 14.9. The summed E-state index contributed by atoms with van der Waals surface area (Å²) in [6.45, 7) is 8.12. The molecule has 3 atom stereocenters. The van der Waals surface area contributed by atoms with E-state index in [0.29, 0.717) is 17.9 Å². The second kappa shape index (κ2) is 8.99. The third-order valence-corrected chi connectivity index (χ3v) is 9.94. The number of allylic oxidation sites excluding steroid dienone is 2. The van der Waals surface area contributed by atoms with E-state index in [9.17, 15) is 0 Å². The largest absolute Gasteiger partial charge is 0.340 e. The van der Waals surface area contributed by atoms with Crippen LogP contribution in [0.5, 0.6) is 0 Å². The zero-order chi connectivity index (χ0) is 27.0. The van der Waals surface area contributed by atoms with Crippen LogP contribution in [0.25, 0.3) is 12.2 Å². The first kappa shape index (κ1) is 23.8. The molecular formula is C38H36N2. The fraction of sp³-hybridized carbons (Fsp3) is 0.263. The van der Waals surface area contributed by atoms with E-state index < -0.39 is 0 Å². The molecule has 0 spiro atoms. The van der Waals surface area contributed by atoms with E-state index in [4.69, 9.17) is 0 Å². The molecule has 0 fully saturated rings. The highest BCUT2D eigenvalue weighted by Gasteiger charge is 2.35. The minimum Gasteiger partial charge on any atom is -0.340 e. The van der Waals surface area contributed by atoms with E-state index in [0.717, 1.165) is 25.8 Å². The van der Waals surface area contributed by atoms with Crippen LogP contribution in [-0.4, -0.2) is 12.6 Å². The molecule has 0 aromatic heterocycles. The van der Waals surface area contributed by atoms with E-state index in [-0.39, 0.29) is 0 Å². The van der Waals surface area contributed by atoms with Gasteiger partial charge in [0, 0.05) is 58.3 Å². The van der Waals surface area contributed by atoms with Crippen molar-refractivity contribution in [2.75, 3.05) is 16.3 Å². The Morgan fingerprint density at radius 1 is 0.625 bits per heavy atom. The molecule has 0 amide bonds. The maximum atomic E-state index is 2.58. The third kappa shape index (κ3) is 3.48. The monoisotopic (exact) mass is 520 g/mol. The number of para-hydroxylation sites is 2. The SMILES string of the molecule is CC1=Cc2c(cccc2N2CCc3ccccc32)C1CC1C(C)=Cc2c1cccc2N1c2ccccc2CC1C. The van der Waals surface area contributed by atoms with Crippen molar-refractivity contribution in [1.29, 1.82) is 0 Å². The standard InChI is InChI=1S/C38H36N2/c1-24-20-33-29(12-8-16-37(33)39-19-18-27-10-4-6-14-35(27)39)31(24)23-32-25(2)21-34-30(32)13-9-17-38(34)40-26(3)22-28-11-5-7-15-36(28)40/h4-17,20-21,26,31-32H,18-19,22-23H2,1-3H3. The predicted molar refractivity (Wildman–Crippen MR) is 169 cm³/mol. The molecule has 40 heavy (non-hydrogen) atoms. The highest BCUT2D eigenvalue weighted by atomic mass is 15.2. The summed E-state index contributed by atoms with van der Waals surface area (Å²) in [6, 6.07) is 32.3. The Morgan fingerprint density at radius 3 is 1.93 bits per heavy atom. The molecule has 3 unspecified atom stereocenters. The van der Waals surface area contributed by atoms with Gasteiger partial charge in [0.2, 0.25) is 0 Å². The molecular weight excluding hydrogens is 484 g/mol. The molecule has 2 aliphatic carbocycles. The van der Waals surface area contributed by atoms with Crippen LogP contribution in [0.15, 0.2) is 96.1 Å². The third-order valence-electron chi connectivity index (χ3n) is 9.94. The average molecular weight is 521 g/mol. The van der Waals surface area contributed by atoms with Gasteiger partial charge < -0.3 is 9.80 Å². The summed E-state index contributed by atoms with van der Waals surface area (Å²) < 4.78 is 0. The maximum Gasteiger partial charge on any atom is 0.0490 e. The summed E-state index contributed by atoms with van der Waals surface area (Å²) in [4.78, 5) is 5.12. The predicted octanol–water partition coefficient (Wildman–Crippen LogP) is 9.55. The lowest BCUT2D eigenvalue weighted by atomic mass is 9.82. The summed E-state index contributed by atoms with van der Waals surface area (Å²) in [5.74, 6) is 0.890. The van der Waals surface area contributed by atoms with Gasteiger partial charge in [0.1, 0.15) is 0 Å². The van der Waals surface area contributed by atoms with Crippen LogP contribution >= 0.6 is 0 Å². The van der Waals surface area contributed by atoms with Gasteiger partial charge in [-0.05, 0) is 86.6 Å². The normalized spacial score (nSPS) is 22.1. The van der Waals surface area contributed by atoms with Crippen LogP contribution < -0.4 is 9.80 Å². The molecule has 2 heterocycles. The molecule has 0 radical (unpaired) electrons. The number of hydrogen-bond donors (Lipinski definition) is 0. The van der Waals surface area contributed by atoms with Gasteiger partial charge >= 0.3 is 0 Å². The smallest absolute Gasteiger partial charge is 0.0490 e. The summed E-state index contributed by atoms with van der Waals surface area (Å²) in [5, 5.41) is 0. The lowest BCUT2D eigenvalue weighted by molar-refractivity contribution is 0.642. The summed E-state index contributed by atoms with van der Waals surface area (Å²) in [7, 11) is 0.